The fourth-order valence-corrected chi connectivity index (χ4v) is 2.44. The van der Waals surface area contributed by atoms with Gasteiger partial charge in [-0.3, -0.25) is 4.21 Å². The molecule has 3 N–H and O–H groups in total. The molecule has 0 bridgehead atoms. The van der Waals surface area contributed by atoms with Crippen LogP contribution in [0.1, 0.15) is 21.9 Å². The van der Waals surface area contributed by atoms with Crippen LogP contribution < -0.4 is 10.6 Å². The van der Waals surface area contributed by atoms with E-state index in [0.717, 1.165) is 0 Å². The lowest BCUT2D eigenvalue weighted by molar-refractivity contribution is 0.0691. The van der Waals surface area contributed by atoms with Crippen molar-refractivity contribution >= 4 is 34.1 Å². The van der Waals surface area contributed by atoms with Crippen LogP contribution >= 0.6 is 11.3 Å². The van der Waals surface area contributed by atoms with Gasteiger partial charge >= 0.3 is 12.0 Å². The second kappa shape index (κ2) is 7.85. The number of carboxylic acid groups (broad SMARTS) is 1. The van der Waals surface area contributed by atoms with Crippen LogP contribution in [0.3, 0.4) is 0 Å². The number of aromatic carboxylic acids is 1. The van der Waals surface area contributed by atoms with Crippen molar-refractivity contribution in [1.29, 1.82) is 0 Å². The van der Waals surface area contributed by atoms with Gasteiger partial charge in [-0.2, -0.15) is 0 Å². The molecule has 0 aliphatic carbocycles. The third-order valence-corrected chi connectivity index (χ3v) is 3.78. The summed E-state index contributed by atoms with van der Waals surface area (Å²) in [5, 5.41) is 15.8. The molecular formula is C10H15N3O4S2. The molecule has 0 saturated carbocycles. The van der Waals surface area contributed by atoms with Gasteiger partial charge in [0, 0.05) is 34.7 Å². The highest BCUT2D eigenvalue weighted by atomic mass is 32.2. The molecule has 106 valence electrons. The van der Waals surface area contributed by atoms with Crippen molar-refractivity contribution in [3.63, 3.8) is 0 Å². The Labute approximate surface area is 116 Å². The van der Waals surface area contributed by atoms with E-state index in [1.807, 2.05) is 0 Å². The molecule has 0 fully saturated rings. The highest BCUT2D eigenvalue weighted by Crippen LogP contribution is 2.09. The Morgan fingerprint density at radius 3 is 2.79 bits per heavy atom. The Bertz CT molecular complexity index is 475. The zero-order valence-electron chi connectivity index (χ0n) is 10.3. The van der Waals surface area contributed by atoms with Crippen molar-refractivity contribution in [1.82, 2.24) is 15.6 Å². The molecule has 1 aromatic heterocycles. The quantitative estimate of drug-likeness (QED) is 0.632. The van der Waals surface area contributed by atoms with Gasteiger partial charge in [0.05, 0.1) is 6.54 Å². The number of carbonyl (C=O) groups is 2. The van der Waals surface area contributed by atoms with E-state index in [-0.39, 0.29) is 18.3 Å². The molecule has 0 radical (unpaired) electrons. The van der Waals surface area contributed by atoms with Crippen LogP contribution in [-0.4, -0.2) is 44.9 Å². The van der Waals surface area contributed by atoms with Crippen molar-refractivity contribution < 1.29 is 18.9 Å². The van der Waals surface area contributed by atoms with Crippen molar-refractivity contribution in [3.8, 4) is 0 Å². The van der Waals surface area contributed by atoms with Gasteiger partial charge in [-0.15, -0.1) is 11.3 Å². The summed E-state index contributed by atoms with van der Waals surface area (Å²) in [6.07, 6.45) is 2.26. The van der Waals surface area contributed by atoms with E-state index in [9.17, 15) is 13.8 Å². The Morgan fingerprint density at radius 1 is 1.47 bits per heavy atom. The standard InChI is InChI=1S/C10H15N3O4S2/c1-19(17)4-2-3-11-10(16)12-5-8-13-7(6-18-8)9(14)15/h6H,2-5H2,1H3,(H,14,15)(H2,11,12,16). The van der Waals surface area contributed by atoms with Gasteiger partial charge in [-0.25, -0.2) is 14.6 Å². The summed E-state index contributed by atoms with van der Waals surface area (Å²) in [4.78, 5) is 25.8. The van der Waals surface area contributed by atoms with Gasteiger partial charge in [0.1, 0.15) is 5.01 Å². The van der Waals surface area contributed by atoms with Crippen molar-refractivity contribution in [2.45, 2.75) is 13.0 Å². The maximum absolute atomic E-state index is 11.4. The fraction of sp³-hybridized carbons (Fsp3) is 0.500. The summed E-state index contributed by atoms with van der Waals surface area (Å²) < 4.78 is 10.8. The normalized spacial score (nSPS) is 11.8. The molecule has 1 atom stereocenters. The molecule has 1 heterocycles. The van der Waals surface area contributed by atoms with E-state index in [4.69, 9.17) is 5.11 Å². The highest BCUT2D eigenvalue weighted by molar-refractivity contribution is 7.84. The predicted molar refractivity (Wildman–Crippen MR) is 72.9 cm³/mol. The number of carboxylic acids is 1. The molecule has 1 rings (SSSR count). The molecule has 19 heavy (non-hydrogen) atoms. The third kappa shape index (κ3) is 6.30. The average molecular weight is 305 g/mol. The largest absolute Gasteiger partial charge is 0.476 e. The van der Waals surface area contributed by atoms with Crippen LogP contribution in [0.25, 0.3) is 0 Å². The first-order chi connectivity index (χ1) is 8.99. The molecule has 0 spiro atoms. The van der Waals surface area contributed by atoms with Crippen LogP contribution in [0, 0.1) is 0 Å². The number of nitrogens with one attached hydrogen (secondary N) is 2. The number of urea groups is 1. The molecule has 0 aliphatic rings. The zero-order chi connectivity index (χ0) is 14.3. The van der Waals surface area contributed by atoms with E-state index in [1.54, 1.807) is 6.26 Å². The lowest BCUT2D eigenvalue weighted by Gasteiger charge is -2.05. The maximum atomic E-state index is 11.4. The molecule has 1 aromatic rings. The summed E-state index contributed by atoms with van der Waals surface area (Å²) in [5.41, 5.74) is -0.0207. The monoisotopic (exact) mass is 305 g/mol. The second-order valence-electron chi connectivity index (χ2n) is 3.67. The van der Waals surface area contributed by atoms with Crippen LogP contribution in [0.5, 0.6) is 0 Å². The van der Waals surface area contributed by atoms with Crippen molar-refractivity contribution in [3.05, 3.63) is 16.1 Å². The zero-order valence-corrected chi connectivity index (χ0v) is 12.0. The number of rotatable bonds is 7. The minimum Gasteiger partial charge on any atom is -0.476 e. The smallest absolute Gasteiger partial charge is 0.355 e. The first kappa shape index (κ1) is 15.6. The third-order valence-electron chi connectivity index (χ3n) is 2.07. The van der Waals surface area contributed by atoms with Gasteiger partial charge in [0.25, 0.3) is 0 Å². The van der Waals surface area contributed by atoms with Crippen molar-refractivity contribution in [2.75, 3.05) is 18.6 Å². The number of amides is 2. The molecule has 7 nitrogen and oxygen atoms in total. The average Bonchev–Trinajstić information content (AvgIpc) is 2.81. The fourth-order valence-electron chi connectivity index (χ4n) is 1.19. The molecule has 1 unspecified atom stereocenters. The van der Waals surface area contributed by atoms with Gasteiger partial charge in [0.15, 0.2) is 5.69 Å². The topological polar surface area (TPSA) is 108 Å². The minimum absolute atomic E-state index is 0.0207. The maximum Gasteiger partial charge on any atom is 0.355 e. The second-order valence-corrected chi connectivity index (χ2v) is 6.17. The molecule has 2 amide bonds. The van der Waals surface area contributed by atoms with Gasteiger partial charge < -0.3 is 15.7 Å². The molecular weight excluding hydrogens is 290 g/mol. The molecule has 0 aromatic carbocycles. The molecule has 0 saturated heterocycles. The number of carbonyl (C=O) groups excluding carboxylic acids is 1. The van der Waals surface area contributed by atoms with Crippen LogP contribution in [0.4, 0.5) is 4.79 Å². The van der Waals surface area contributed by atoms with Gasteiger partial charge in [-0.05, 0) is 6.42 Å². The number of nitrogens with zero attached hydrogens (tertiary/aromatic N) is 1. The van der Waals surface area contributed by atoms with Crippen LogP contribution in [0.2, 0.25) is 0 Å². The summed E-state index contributed by atoms with van der Waals surface area (Å²) >= 11 is 1.18. The predicted octanol–water partition coefficient (Wildman–Crippen LogP) is 0.409. The Balaban J connectivity index is 2.22. The van der Waals surface area contributed by atoms with Crippen LogP contribution in [-0.2, 0) is 17.3 Å². The van der Waals surface area contributed by atoms with Crippen LogP contribution in [0.15, 0.2) is 5.38 Å². The summed E-state index contributed by atoms with van der Waals surface area (Å²) in [6, 6.07) is -0.353. The lowest BCUT2D eigenvalue weighted by atomic mass is 10.5. The molecule has 0 aliphatic heterocycles. The lowest BCUT2D eigenvalue weighted by Crippen LogP contribution is -2.35. The molecule has 9 heteroatoms. The Hall–Kier alpha value is -1.48. The number of hydrogen-bond donors (Lipinski definition) is 3. The van der Waals surface area contributed by atoms with E-state index >= 15 is 0 Å². The Morgan fingerprint density at radius 2 is 2.21 bits per heavy atom. The first-order valence-electron chi connectivity index (χ1n) is 5.48. The van der Waals surface area contributed by atoms with E-state index in [0.29, 0.717) is 23.7 Å². The van der Waals surface area contributed by atoms with Gasteiger partial charge in [-0.1, -0.05) is 0 Å². The van der Waals surface area contributed by atoms with Crippen molar-refractivity contribution in [2.24, 2.45) is 0 Å². The summed E-state index contributed by atoms with van der Waals surface area (Å²) in [5.74, 6) is -0.533. The number of aromatic nitrogens is 1. The number of thiazole rings is 1. The summed E-state index contributed by atoms with van der Waals surface area (Å²) in [6.45, 7) is 0.632. The Kier molecular flexibility index (Phi) is 6.43. The SMILES string of the molecule is CS(=O)CCCNC(=O)NCc1nc(C(=O)O)cs1. The highest BCUT2D eigenvalue weighted by Gasteiger charge is 2.09. The van der Waals surface area contributed by atoms with E-state index < -0.39 is 16.8 Å². The van der Waals surface area contributed by atoms with Gasteiger partial charge in [0.2, 0.25) is 0 Å². The summed E-state index contributed by atoms with van der Waals surface area (Å²) in [7, 11) is -0.851. The minimum atomic E-state index is -1.08. The van der Waals surface area contributed by atoms with E-state index in [2.05, 4.69) is 15.6 Å². The number of hydrogen-bond acceptors (Lipinski definition) is 5. The first-order valence-corrected chi connectivity index (χ1v) is 8.09. The van der Waals surface area contributed by atoms with E-state index in [1.165, 1.54) is 16.7 Å².